The number of likely N-dealkylation sites (tertiary alicyclic amines) is 1. The fraction of sp³-hybridized carbons (Fsp3) is 0.400. The molecule has 0 bridgehead atoms. The van der Waals surface area contributed by atoms with Gasteiger partial charge in [-0.2, -0.15) is 5.26 Å². The summed E-state index contributed by atoms with van der Waals surface area (Å²) in [5.41, 5.74) is 0.418. The van der Waals surface area contributed by atoms with Crippen LogP contribution in [0.3, 0.4) is 0 Å². The average molecular weight is 304 g/mol. The Morgan fingerprint density at radius 3 is 2.86 bits per heavy atom. The molecule has 0 spiro atoms. The van der Waals surface area contributed by atoms with E-state index in [9.17, 15) is 9.59 Å². The number of carboxylic acids is 1. The van der Waals surface area contributed by atoms with E-state index in [4.69, 9.17) is 19.8 Å². The van der Waals surface area contributed by atoms with Crippen molar-refractivity contribution in [2.75, 3.05) is 20.3 Å². The number of nitrogens with zero attached hydrogens (tertiary/aromatic N) is 2. The van der Waals surface area contributed by atoms with Crippen LogP contribution < -0.4 is 9.47 Å². The summed E-state index contributed by atoms with van der Waals surface area (Å²) in [6.07, 6.45) is 1.13. The van der Waals surface area contributed by atoms with E-state index in [-0.39, 0.29) is 12.5 Å². The molecule has 1 aromatic rings. The Morgan fingerprint density at radius 2 is 2.23 bits per heavy atom. The second-order valence-corrected chi connectivity index (χ2v) is 4.85. The highest BCUT2D eigenvalue weighted by atomic mass is 16.5. The lowest BCUT2D eigenvalue weighted by Crippen LogP contribution is -2.42. The van der Waals surface area contributed by atoms with Crippen LogP contribution in [-0.2, 0) is 9.59 Å². The van der Waals surface area contributed by atoms with Gasteiger partial charge in [0.15, 0.2) is 18.1 Å². The lowest BCUT2D eigenvalue weighted by Gasteiger charge is -2.21. The number of hydrogen-bond acceptors (Lipinski definition) is 5. The molecule has 0 radical (unpaired) electrons. The van der Waals surface area contributed by atoms with E-state index in [0.717, 1.165) is 0 Å². The minimum absolute atomic E-state index is 0.272. The van der Waals surface area contributed by atoms with Crippen molar-refractivity contribution in [1.82, 2.24) is 4.90 Å². The highest BCUT2D eigenvalue weighted by molar-refractivity contribution is 5.85. The number of rotatable bonds is 5. The van der Waals surface area contributed by atoms with Crippen molar-refractivity contribution in [3.63, 3.8) is 0 Å². The number of carbonyl (C=O) groups is 2. The van der Waals surface area contributed by atoms with Crippen LogP contribution in [0.2, 0.25) is 0 Å². The number of carbonyl (C=O) groups excluding carboxylic acids is 1. The van der Waals surface area contributed by atoms with Gasteiger partial charge in [0.05, 0.1) is 18.7 Å². The van der Waals surface area contributed by atoms with Gasteiger partial charge in [-0.05, 0) is 25.0 Å². The van der Waals surface area contributed by atoms with Crippen molar-refractivity contribution in [2.45, 2.75) is 18.9 Å². The maximum Gasteiger partial charge on any atom is 0.326 e. The van der Waals surface area contributed by atoms with Gasteiger partial charge in [0.1, 0.15) is 6.04 Å². The highest BCUT2D eigenvalue weighted by Gasteiger charge is 2.34. The molecule has 22 heavy (non-hydrogen) atoms. The van der Waals surface area contributed by atoms with E-state index < -0.39 is 12.0 Å². The third-order valence-electron chi connectivity index (χ3n) is 3.50. The van der Waals surface area contributed by atoms with Gasteiger partial charge < -0.3 is 19.5 Å². The van der Waals surface area contributed by atoms with E-state index in [0.29, 0.717) is 36.4 Å². The highest BCUT2D eigenvalue weighted by Crippen LogP contribution is 2.28. The summed E-state index contributed by atoms with van der Waals surface area (Å²) < 4.78 is 10.5. The van der Waals surface area contributed by atoms with Crippen LogP contribution in [0.5, 0.6) is 11.5 Å². The zero-order valence-corrected chi connectivity index (χ0v) is 12.1. The topological polar surface area (TPSA) is 99.9 Å². The number of amides is 1. The summed E-state index contributed by atoms with van der Waals surface area (Å²) in [4.78, 5) is 24.5. The molecule has 1 unspecified atom stereocenters. The van der Waals surface area contributed by atoms with E-state index in [1.54, 1.807) is 12.1 Å². The molecule has 0 aromatic heterocycles. The van der Waals surface area contributed by atoms with Gasteiger partial charge in [-0.25, -0.2) is 4.79 Å². The molecular weight excluding hydrogens is 288 g/mol. The molecule has 0 aliphatic carbocycles. The number of aliphatic carboxylic acids is 1. The summed E-state index contributed by atoms with van der Waals surface area (Å²) in [7, 11) is 1.44. The van der Waals surface area contributed by atoms with Crippen molar-refractivity contribution in [3.8, 4) is 17.6 Å². The number of ether oxygens (including phenoxy) is 2. The summed E-state index contributed by atoms with van der Waals surface area (Å²) in [6, 6.07) is 5.81. The average Bonchev–Trinajstić information content (AvgIpc) is 3.02. The Bertz CT molecular complexity index is 623. The van der Waals surface area contributed by atoms with Gasteiger partial charge in [-0.1, -0.05) is 0 Å². The standard InChI is InChI=1S/C15H16N2O5/c1-21-13-7-10(8-16)4-5-12(13)22-9-14(18)17-6-2-3-11(17)15(19)20/h4-5,7,11H,2-3,6,9H2,1H3,(H,19,20). The fourth-order valence-electron chi connectivity index (χ4n) is 2.40. The molecule has 2 rings (SSSR count). The third kappa shape index (κ3) is 3.28. The first-order chi connectivity index (χ1) is 10.6. The van der Waals surface area contributed by atoms with Gasteiger partial charge in [-0.15, -0.1) is 0 Å². The minimum Gasteiger partial charge on any atom is -0.493 e. The quantitative estimate of drug-likeness (QED) is 0.871. The van der Waals surface area contributed by atoms with E-state index >= 15 is 0 Å². The van der Waals surface area contributed by atoms with Crippen LogP contribution in [0.15, 0.2) is 18.2 Å². The molecule has 1 saturated heterocycles. The zero-order chi connectivity index (χ0) is 16.1. The monoisotopic (exact) mass is 304 g/mol. The predicted octanol–water partition coefficient (Wildman–Crippen LogP) is 1.02. The first kappa shape index (κ1) is 15.6. The first-order valence-corrected chi connectivity index (χ1v) is 6.80. The molecular formula is C15H16N2O5. The molecule has 1 amide bonds. The van der Waals surface area contributed by atoms with Gasteiger partial charge in [0.25, 0.3) is 5.91 Å². The van der Waals surface area contributed by atoms with Gasteiger partial charge in [0.2, 0.25) is 0 Å². The summed E-state index contributed by atoms with van der Waals surface area (Å²) >= 11 is 0. The third-order valence-corrected chi connectivity index (χ3v) is 3.50. The predicted molar refractivity (Wildman–Crippen MR) is 75.6 cm³/mol. The molecule has 1 aromatic carbocycles. The van der Waals surface area contributed by atoms with Crippen molar-refractivity contribution >= 4 is 11.9 Å². The van der Waals surface area contributed by atoms with Crippen molar-refractivity contribution in [2.24, 2.45) is 0 Å². The molecule has 1 N–H and O–H groups in total. The van der Waals surface area contributed by atoms with Gasteiger partial charge in [0, 0.05) is 12.6 Å². The van der Waals surface area contributed by atoms with Crippen LogP contribution in [0, 0.1) is 11.3 Å². The molecule has 7 nitrogen and oxygen atoms in total. The lowest BCUT2D eigenvalue weighted by molar-refractivity contribution is -0.149. The van der Waals surface area contributed by atoms with Crippen LogP contribution >= 0.6 is 0 Å². The Labute approximate surface area is 127 Å². The van der Waals surface area contributed by atoms with Crippen LogP contribution in [-0.4, -0.2) is 48.2 Å². The first-order valence-electron chi connectivity index (χ1n) is 6.80. The molecule has 7 heteroatoms. The van der Waals surface area contributed by atoms with Crippen molar-refractivity contribution in [1.29, 1.82) is 5.26 Å². The number of benzene rings is 1. The number of methoxy groups -OCH3 is 1. The van der Waals surface area contributed by atoms with Crippen LogP contribution in [0.25, 0.3) is 0 Å². The van der Waals surface area contributed by atoms with Crippen molar-refractivity contribution < 1.29 is 24.2 Å². The Balaban J connectivity index is 2.02. The second-order valence-electron chi connectivity index (χ2n) is 4.85. The Hall–Kier alpha value is -2.75. The van der Waals surface area contributed by atoms with Gasteiger partial charge in [-0.3, -0.25) is 4.79 Å². The normalized spacial score (nSPS) is 16.9. The molecule has 116 valence electrons. The maximum atomic E-state index is 12.1. The molecule has 1 aliphatic rings. The number of hydrogen-bond donors (Lipinski definition) is 1. The van der Waals surface area contributed by atoms with Crippen molar-refractivity contribution in [3.05, 3.63) is 23.8 Å². The molecule has 1 aliphatic heterocycles. The van der Waals surface area contributed by atoms with E-state index in [1.165, 1.54) is 18.1 Å². The second kappa shape index (κ2) is 6.80. The van der Waals surface area contributed by atoms with Crippen LogP contribution in [0.1, 0.15) is 18.4 Å². The van der Waals surface area contributed by atoms with E-state index in [2.05, 4.69) is 0 Å². The van der Waals surface area contributed by atoms with Crippen LogP contribution in [0.4, 0.5) is 0 Å². The molecule has 0 saturated carbocycles. The zero-order valence-electron chi connectivity index (χ0n) is 12.1. The smallest absolute Gasteiger partial charge is 0.326 e. The lowest BCUT2D eigenvalue weighted by atomic mass is 10.2. The Kier molecular flexibility index (Phi) is 4.84. The summed E-state index contributed by atoms with van der Waals surface area (Å²) in [6.45, 7) is 0.149. The SMILES string of the molecule is COc1cc(C#N)ccc1OCC(=O)N1CCCC1C(=O)O. The molecule has 1 fully saturated rings. The summed E-state index contributed by atoms with van der Waals surface area (Å²) in [5, 5.41) is 17.9. The minimum atomic E-state index is -0.998. The molecule has 1 atom stereocenters. The van der Waals surface area contributed by atoms with Gasteiger partial charge >= 0.3 is 5.97 Å². The number of carboxylic acid groups (broad SMARTS) is 1. The Morgan fingerprint density at radius 1 is 1.45 bits per heavy atom. The maximum absolute atomic E-state index is 12.1. The largest absolute Gasteiger partial charge is 0.493 e. The number of nitriles is 1. The molecule has 1 heterocycles. The fourth-order valence-corrected chi connectivity index (χ4v) is 2.40. The van der Waals surface area contributed by atoms with E-state index in [1.807, 2.05) is 6.07 Å². The summed E-state index contributed by atoms with van der Waals surface area (Å²) in [5.74, 6) is -0.693.